The van der Waals surface area contributed by atoms with E-state index in [-0.39, 0.29) is 0 Å². The first-order valence-electron chi connectivity index (χ1n) is 3.64. The van der Waals surface area contributed by atoms with Crippen LogP contribution in [0.4, 0.5) is 4.39 Å². The van der Waals surface area contributed by atoms with E-state index in [2.05, 4.69) is 6.26 Å². The lowest BCUT2D eigenvalue weighted by Crippen LogP contribution is -2.10. The van der Waals surface area contributed by atoms with Crippen LogP contribution < -0.4 is 0 Å². The van der Waals surface area contributed by atoms with Crippen molar-refractivity contribution in [2.24, 2.45) is 5.92 Å². The molecule has 0 fully saturated rings. The third-order valence-corrected chi connectivity index (χ3v) is 2.55. The smallest absolute Gasteiger partial charge is 0.118 e. The van der Waals surface area contributed by atoms with Gasteiger partial charge in [0.1, 0.15) is 6.17 Å². The molecule has 1 rings (SSSR count). The van der Waals surface area contributed by atoms with E-state index in [0.717, 1.165) is 18.6 Å². The van der Waals surface area contributed by atoms with Crippen LogP contribution in [0.5, 0.6) is 0 Å². The minimum absolute atomic E-state index is 0.627. The molecule has 0 nitrogen and oxygen atoms in total. The number of halogens is 1. The number of hydrogen-bond acceptors (Lipinski definition) is 1. The Morgan fingerprint density at radius 1 is 1.50 bits per heavy atom. The first-order valence-corrected chi connectivity index (χ1v) is 5.03. The standard InChI is InChI=1S/C8H13FS/c1-10-6-7-2-4-8(9)5-3-7/h2,4,7-8H,3,5-6H2,1H3. The van der Waals surface area contributed by atoms with Crippen LogP contribution in [0.2, 0.25) is 0 Å². The van der Waals surface area contributed by atoms with Crippen molar-refractivity contribution < 1.29 is 4.39 Å². The van der Waals surface area contributed by atoms with Crippen LogP contribution in [0.3, 0.4) is 0 Å². The van der Waals surface area contributed by atoms with Crippen molar-refractivity contribution in [2.45, 2.75) is 19.0 Å². The summed E-state index contributed by atoms with van der Waals surface area (Å²) in [6.45, 7) is 0. The van der Waals surface area contributed by atoms with E-state index in [4.69, 9.17) is 0 Å². The number of thioether (sulfide) groups is 1. The van der Waals surface area contributed by atoms with Gasteiger partial charge < -0.3 is 0 Å². The van der Waals surface area contributed by atoms with E-state index < -0.39 is 6.17 Å². The maximum Gasteiger partial charge on any atom is 0.118 e. The molecule has 0 saturated carbocycles. The van der Waals surface area contributed by atoms with Gasteiger partial charge in [-0.15, -0.1) is 0 Å². The minimum atomic E-state index is -0.668. The average Bonchev–Trinajstić information content (AvgIpc) is 1.95. The summed E-state index contributed by atoms with van der Waals surface area (Å²) in [6.07, 6.45) is 6.89. The van der Waals surface area contributed by atoms with Gasteiger partial charge in [-0.05, 0) is 30.8 Å². The summed E-state index contributed by atoms with van der Waals surface area (Å²) in [7, 11) is 0. The van der Waals surface area contributed by atoms with E-state index >= 15 is 0 Å². The minimum Gasteiger partial charge on any atom is -0.243 e. The van der Waals surface area contributed by atoms with Gasteiger partial charge in [-0.25, -0.2) is 4.39 Å². The van der Waals surface area contributed by atoms with Crippen molar-refractivity contribution in [1.29, 1.82) is 0 Å². The predicted molar refractivity (Wildman–Crippen MR) is 45.1 cm³/mol. The van der Waals surface area contributed by atoms with Gasteiger partial charge in [-0.1, -0.05) is 12.2 Å². The number of hydrogen-bond donors (Lipinski definition) is 0. The molecule has 58 valence electrons. The van der Waals surface area contributed by atoms with Crippen LogP contribution in [-0.4, -0.2) is 18.2 Å². The van der Waals surface area contributed by atoms with Crippen LogP contribution in [0, 0.1) is 5.92 Å². The van der Waals surface area contributed by atoms with E-state index in [1.807, 2.05) is 17.8 Å². The SMILES string of the molecule is CSCC1C=CC(F)CC1. The Kier molecular flexibility index (Phi) is 3.26. The molecular weight excluding hydrogens is 147 g/mol. The Bertz CT molecular complexity index is 122. The topological polar surface area (TPSA) is 0 Å². The molecule has 0 aromatic heterocycles. The lowest BCUT2D eigenvalue weighted by Gasteiger charge is -2.16. The lowest BCUT2D eigenvalue weighted by molar-refractivity contribution is 0.342. The van der Waals surface area contributed by atoms with Crippen molar-refractivity contribution in [1.82, 2.24) is 0 Å². The molecule has 0 aliphatic heterocycles. The largest absolute Gasteiger partial charge is 0.243 e. The molecule has 0 bridgehead atoms. The molecule has 2 heteroatoms. The summed E-state index contributed by atoms with van der Waals surface area (Å²) in [5.74, 6) is 1.77. The molecule has 0 aromatic rings. The van der Waals surface area contributed by atoms with Gasteiger partial charge >= 0.3 is 0 Å². The van der Waals surface area contributed by atoms with Gasteiger partial charge in [0.15, 0.2) is 0 Å². The molecule has 0 aromatic carbocycles. The molecule has 0 saturated heterocycles. The van der Waals surface area contributed by atoms with E-state index in [1.54, 1.807) is 6.08 Å². The maximum atomic E-state index is 12.5. The summed E-state index contributed by atoms with van der Waals surface area (Å²) >= 11 is 1.84. The highest BCUT2D eigenvalue weighted by Crippen LogP contribution is 2.21. The van der Waals surface area contributed by atoms with Crippen molar-refractivity contribution in [2.75, 3.05) is 12.0 Å². The highest BCUT2D eigenvalue weighted by atomic mass is 32.2. The van der Waals surface area contributed by atoms with Crippen molar-refractivity contribution >= 4 is 11.8 Å². The first kappa shape index (κ1) is 8.12. The molecule has 0 spiro atoms. The van der Waals surface area contributed by atoms with Crippen LogP contribution in [0.1, 0.15) is 12.8 Å². The van der Waals surface area contributed by atoms with E-state index in [9.17, 15) is 4.39 Å². The fourth-order valence-electron chi connectivity index (χ4n) is 1.20. The van der Waals surface area contributed by atoms with Crippen molar-refractivity contribution in [3.63, 3.8) is 0 Å². The Hall–Kier alpha value is 0.0200. The molecular formula is C8H13FS. The molecule has 2 atom stereocenters. The quantitative estimate of drug-likeness (QED) is 0.560. The summed E-state index contributed by atoms with van der Waals surface area (Å²) in [5, 5.41) is 0. The highest BCUT2D eigenvalue weighted by molar-refractivity contribution is 7.98. The Morgan fingerprint density at radius 3 is 2.80 bits per heavy atom. The predicted octanol–water partition coefficient (Wildman–Crippen LogP) is 2.65. The molecule has 0 amide bonds. The fourth-order valence-corrected chi connectivity index (χ4v) is 1.90. The molecule has 10 heavy (non-hydrogen) atoms. The van der Waals surface area contributed by atoms with Crippen LogP contribution in [0.15, 0.2) is 12.2 Å². The second kappa shape index (κ2) is 4.02. The number of allylic oxidation sites excluding steroid dienone is 2. The average molecular weight is 160 g/mol. The van der Waals surface area contributed by atoms with Crippen LogP contribution in [0.25, 0.3) is 0 Å². The summed E-state index contributed by atoms with van der Waals surface area (Å²) in [5.41, 5.74) is 0. The Balaban J connectivity index is 2.30. The summed E-state index contributed by atoms with van der Waals surface area (Å²) in [4.78, 5) is 0. The molecule has 1 aliphatic rings. The van der Waals surface area contributed by atoms with Crippen LogP contribution in [-0.2, 0) is 0 Å². The molecule has 0 N–H and O–H groups in total. The van der Waals surface area contributed by atoms with Crippen LogP contribution >= 0.6 is 11.8 Å². The monoisotopic (exact) mass is 160 g/mol. The third kappa shape index (κ3) is 2.33. The van der Waals surface area contributed by atoms with E-state index in [0.29, 0.717) is 5.92 Å². The number of alkyl halides is 1. The van der Waals surface area contributed by atoms with Gasteiger partial charge in [0.2, 0.25) is 0 Å². The molecule has 1 aliphatic carbocycles. The van der Waals surface area contributed by atoms with Gasteiger partial charge in [-0.3, -0.25) is 0 Å². The molecule has 0 heterocycles. The van der Waals surface area contributed by atoms with Crippen molar-refractivity contribution in [3.8, 4) is 0 Å². The van der Waals surface area contributed by atoms with Gasteiger partial charge in [-0.2, -0.15) is 11.8 Å². The number of rotatable bonds is 2. The van der Waals surface area contributed by atoms with Gasteiger partial charge in [0.25, 0.3) is 0 Å². The molecule has 0 radical (unpaired) electrons. The maximum absolute atomic E-state index is 12.5. The summed E-state index contributed by atoms with van der Waals surface area (Å²) < 4.78 is 12.5. The second-order valence-electron chi connectivity index (χ2n) is 2.69. The summed E-state index contributed by atoms with van der Waals surface area (Å²) in [6, 6.07) is 0. The normalized spacial score (nSPS) is 32.6. The third-order valence-electron chi connectivity index (χ3n) is 1.79. The zero-order valence-electron chi connectivity index (χ0n) is 6.22. The zero-order valence-corrected chi connectivity index (χ0v) is 7.03. The lowest BCUT2D eigenvalue weighted by atomic mass is 9.97. The highest BCUT2D eigenvalue weighted by Gasteiger charge is 2.13. The van der Waals surface area contributed by atoms with Gasteiger partial charge in [0, 0.05) is 0 Å². The second-order valence-corrected chi connectivity index (χ2v) is 3.60. The van der Waals surface area contributed by atoms with Gasteiger partial charge in [0.05, 0.1) is 0 Å². The van der Waals surface area contributed by atoms with Crippen molar-refractivity contribution in [3.05, 3.63) is 12.2 Å². The zero-order chi connectivity index (χ0) is 7.40. The fraction of sp³-hybridized carbons (Fsp3) is 0.750. The Morgan fingerprint density at radius 2 is 2.30 bits per heavy atom. The molecule has 2 unspecified atom stereocenters. The first-order chi connectivity index (χ1) is 4.83. The van der Waals surface area contributed by atoms with E-state index in [1.165, 1.54) is 0 Å². The Labute approximate surface area is 65.9 Å².